The lowest BCUT2D eigenvalue weighted by Gasteiger charge is -2.29. The maximum absolute atomic E-state index is 9.59. The first-order valence-electron chi connectivity index (χ1n) is 6.22. The minimum atomic E-state index is 0.153. The first-order valence-corrected chi connectivity index (χ1v) is 6.22. The number of anilines is 1. The van der Waals surface area contributed by atoms with Crippen LogP contribution in [0.4, 0.5) is 5.82 Å². The molecule has 0 amide bonds. The number of rotatable bonds is 2. The summed E-state index contributed by atoms with van der Waals surface area (Å²) < 4.78 is 0. The van der Waals surface area contributed by atoms with Crippen LogP contribution >= 0.6 is 0 Å². The van der Waals surface area contributed by atoms with Gasteiger partial charge >= 0.3 is 0 Å². The van der Waals surface area contributed by atoms with Crippen LogP contribution in [0, 0.1) is 5.41 Å². The van der Waals surface area contributed by atoms with E-state index in [1.54, 1.807) is 18.3 Å². The van der Waals surface area contributed by atoms with E-state index in [0.29, 0.717) is 0 Å². The summed E-state index contributed by atoms with van der Waals surface area (Å²) in [6.45, 7) is 8.71. The van der Waals surface area contributed by atoms with Crippen molar-refractivity contribution in [1.82, 2.24) is 4.98 Å². The molecule has 0 bridgehead atoms. The maximum atomic E-state index is 9.59. The number of hydrogen-bond donors (Lipinski definition) is 2. The van der Waals surface area contributed by atoms with E-state index in [1.807, 2.05) is 12.1 Å². The van der Waals surface area contributed by atoms with E-state index in [2.05, 4.69) is 38.0 Å². The van der Waals surface area contributed by atoms with Crippen molar-refractivity contribution in [2.75, 3.05) is 5.32 Å². The molecular formula is C15H20N2O. The predicted molar refractivity (Wildman–Crippen MR) is 75.9 cm³/mol. The van der Waals surface area contributed by atoms with Crippen molar-refractivity contribution >= 4 is 16.6 Å². The summed E-state index contributed by atoms with van der Waals surface area (Å²) in [5.41, 5.74) is 0.153. The predicted octanol–water partition coefficient (Wildman–Crippen LogP) is 3.79. The largest absolute Gasteiger partial charge is 0.508 e. The Morgan fingerprint density at radius 1 is 1.22 bits per heavy atom. The molecule has 3 nitrogen and oxygen atoms in total. The Kier molecular flexibility index (Phi) is 3.16. The van der Waals surface area contributed by atoms with E-state index in [1.165, 1.54) is 0 Å². The molecule has 2 aromatic rings. The van der Waals surface area contributed by atoms with Gasteiger partial charge in [-0.2, -0.15) is 0 Å². The van der Waals surface area contributed by atoms with Gasteiger partial charge in [-0.05, 0) is 35.9 Å². The lowest BCUT2D eigenvalue weighted by atomic mass is 9.88. The molecule has 0 fully saturated rings. The normalized spacial score (nSPS) is 13.6. The third-order valence-electron chi connectivity index (χ3n) is 3.40. The Balaban J connectivity index is 2.42. The number of phenols is 1. The smallest absolute Gasteiger partial charge is 0.134 e. The highest BCUT2D eigenvalue weighted by atomic mass is 16.3. The van der Waals surface area contributed by atoms with Gasteiger partial charge in [0.05, 0.1) is 0 Å². The molecule has 1 aromatic heterocycles. The van der Waals surface area contributed by atoms with E-state index >= 15 is 0 Å². The van der Waals surface area contributed by atoms with Gasteiger partial charge in [-0.3, -0.25) is 0 Å². The van der Waals surface area contributed by atoms with Crippen LogP contribution in [-0.4, -0.2) is 16.1 Å². The zero-order valence-corrected chi connectivity index (χ0v) is 11.4. The summed E-state index contributed by atoms with van der Waals surface area (Å²) in [5.74, 6) is 1.09. The van der Waals surface area contributed by atoms with E-state index in [0.717, 1.165) is 16.6 Å². The molecule has 2 N–H and O–H groups in total. The second-order valence-corrected chi connectivity index (χ2v) is 5.80. The molecule has 1 unspecified atom stereocenters. The zero-order chi connectivity index (χ0) is 13.3. The monoisotopic (exact) mass is 244 g/mol. The summed E-state index contributed by atoms with van der Waals surface area (Å²) in [4.78, 5) is 4.38. The van der Waals surface area contributed by atoms with E-state index in [4.69, 9.17) is 0 Å². The fraction of sp³-hybridized carbons (Fsp3) is 0.400. The summed E-state index contributed by atoms with van der Waals surface area (Å²) in [6, 6.07) is 7.58. The maximum Gasteiger partial charge on any atom is 0.134 e. The summed E-state index contributed by atoms with van der Waals surface area (Å²) in [7, 11) is 0. The average molecular weight is 244 g/mol. The van der Waals surface area contributed by atoms with Crippen molar-refractivity contribution in [2.45, 2.75) is 33.7 Å². The van der Waals surface area contributed by atoms with Crippen molar-refractivity contribution in [3.05, 3.63) is 30.5 Å². The van der Waals surface area contributed by atoms with Gasteiger partial charge in [-0.15, -0.1) is 0 Å². The molecule has 0 aliphatic rings. The topological polar surface area (TPSA) is 45.2 Å². The molecule has 0 saturated heterocycles. The fourth-order valence-corrected chi connectivity index (χ4v) is 1.69. The van der Waals surface area contributed by atoms with Gasteiger partial charge in [-0.25, -0.2) is 4.98 Å². The van der Waals surface area contributed by atoms with Crippen molar-refractivity contribution in [2.24, 2.45) is 5.41 Å². The van der Waals surface area contributed by atoms with Crippen LogP contribution in [0.25, 0.3) is 10.8 Å². The van der Waals surface area contributed by atoms with Gasteiger partial charge in [0.15, 0.2) is 0 Å². The highest BCUT2D eigenvalue weighted by Gasteiger charge is 2.20. The van der Waals surface area contributed by atoms with Crippen LogP contribution in [0.15, 0.2) is 30.5 Å². The number of nitrogens with zero attached hydrogens (tertiary/aromatic N) is 1. The molecule has 0 aliphatic carbocycles. The number of benzene rings is 1. The number of hydrogen-bond acceptors (Lipinski definition) is 3. The van der Waals surface area contributed by atoms with E-state index in [-0.39, 0.29) is 17.2 Å². The highest BCUT2D eigenvalue weighted by molar-refractivity contribution is 5.92. The second-order valence-electron chi connectivity index (χ2n) is 5.80. The van der Waals surface area contributed by atoms with E-state index < -0.39 is 0 Å². The lowest BCUT2D eigenvalue weighted by molar-refractivity contribution is 0.359. The van der Waals surface area contributed by atoms with Crippen molar-refractivity contribution < 1.29 is 5.11 Å². The van der Waals surface area contributed by atoms with Crippen LogP contribution in [0.3, 0.4) is 0 Å². The standard InChI is InChI=1S/C15H20N2O/c1-10(15(2,3)4)17-14-13-9-12(18)6-5-11(13)7-8-16-14/h5-10,18H,1-4H3,(H,16,17). The van der Waals surface area contributed by atoms with Gasteiger partial charge in [0.25, 0.3) is 0 Å². The minimum Gasteiger partial charge on any atom is -0.508 e. The molecule has 0 saturated carbocycles. The number of phenolic OH excluding ortho intramolecular Hbond substituents is 1. The van der Waals surface area contributed by atoms with Crippen molar-refractivity contribution in [3.63, 3.8) is 0 Å². The van der Waals surface area contributed by atoms with Crippen LogP contribution in [0.5, 0.6) is 5.75 Å². The Labute approximate surface area is 108 Å². The number of pyridine rings is 1. The Morgan fingerprint density at radius 3 is 2.61 bits per heavy atom. The fourth-order valence-electron chi connectivity index (χ4n) is 1.69. The molecule has 2 rings (SSSR count). The third kappa shape index (κ3) is 2.55. The van der Waals surface area contributed by atoms with Gasteiger partial charge in [-0.1, -0.05) is 26.8 Å². The molecule has 0 spiro atoms. The molecule has 96 valence electrons. The third-order valence-corrected chi connectivity index (χ3v) is 3.40. The van der Waals surface area contributed by atoms with Crippen molar-refractivity contribution in [1.29, 1.82) is 0 Å². The summed E-state index contributed by atoms with van der Waals surface area (Å²) in [5, 5.41) is 15.1. The zero-order valence-electron chi connectivity index (χ0n) is 11.4. The number of fused-ring (bicyclic) bond motifs is 1. The Morgan fingerprint density at radius 2 is 1.94 bits per heavy atom. The first kappa shape index (κ1) is 12.7. The number of nitrogens with one attached hydrogen (secondary N) is 1. The highest BCUT2D eigenvalue weighted by Crippen LogP contribution is 2.28. The molecule has 18 heavy (non-hydrogen) atoms. The van der Waals surface area contributed by atoms with E-state index in [9.17, 15) is 5.11 Å². The van der Waals surface area contributed by atoms with Gasteiger partial charge in [0, 0.05) is 17.6 Å². The molecule has 1 aromatic carbocycles. The van der Waals surface area contributed by atoms with Gasteiger partial charge in [0.2, 0.25) is 0 Å². The molecule has 0 radical (unpaired) electrons. The molecular weight excluding hydrogens is 224 g/mol. The lowest BCUT2D eigenvalue weighted by Crippen LogP contribution is -2.31. The second kappa shape index (κ2) is 4.48. The average Bonchev–Trinajstić information content (AvgIpc) is 2.28. The summed E-state index contributed by atoms with van der Waals surface area (Å²) in [6.07, 6.45) is 1.79. The molecule has 0 aliphatic heterocycles. The molecule has 1 atom stereocenters. The minimum absolute atomic E-state index is 0.153. The van der Waals surface area contributed by atoms with Crippen molar-refractivity contribution in [3.8, 4) is 5.75 Å². The summed E-state index contributed by atoms with van der Waals surface area (Å²) >= 11 is 0. The van der Waals surface area contributed by atoms with Crippen LogP contribution < -0.4 is 5.32 Å². The quantitative estimate of drug-likeness (QED) is 0.844. The Hall–Kier alpha value is -1.77. The van der Waals surface area contributed by atoms with Crippen LogP contribution in [0.2, 0.25) is 0 Å². The molecule has 3 heteroatoms. The van der Waals surface area contributed by atoms with Gasteiger partial charge in [0.1, 0.15) is 11.6 Å². The van der Waals surface area contributed by atoms with Crippen LogP contribution in [-0.2, 0) is 0 Å². The van der Waals surface area contributed by atoms with Crippen LogP contribution in [0.1, 0.15) is 27.7 Å². The number of aromatic hydroxyl groups is 1. The molecule has 1 heterocycles. The number of aromatic nitrogens is 1. The Bertz CT molecular complexity index is 558. The van der Waals surface area contributed by atoms with Gasteiger partial charge < -0.3 is 10.4 Å². The first-order chi connectivity index (χ1) is 8.38. The SMILES string of the molecule is CC(Nc1nccc2ccc(O)cc12)C(C)(C)C.